The van der Waals surface area contributed by atoms with Crippen molar-refractivity contribution in [1.29, 1.82) is 0 Å². The van der Waals surface area contributed by atoms with Crippen LogP contribution >= 0.6 is 11.3 Å². The van der Waals surface area contributed by atoms with Crippen LogP contribution in [-0.2, 0) is 9.53 Å². The fourth-order valence-electron chi connectivity index (χ4n) is 2.31. The molecule has 0 saturated heterocycles. The summed E-state index contributed by atoms with van der Waals surface area (Å²) in [6.45, 7) is 5.94. The van der Waals surface area contributed by atoms with Gasteiger partial charge in [0.25, 0.3) is 0 Å². The number of ether oxygens (including phenoxy) is 1. The Bertz CT molecular complexity index is 785. The molecule has 0 aliphatic rings. The minimum Gasteiger partial charge on any atom is -0.462 e. The molecule has 0 radical (unpaired) electrons. The van der Waals surface area contributed by atoms with Crippen LogP contribution in [-0.4, -0.2) is 61.0 Å². The molecule has 0 aromatic carbocycles. The number of fused-ring (bicyclic) bond motifs is 1. The number of likely N-dealkylation sites (N-methyl/N-ethyl adjacent to an activating group) is 2. The second-order valence-corrected chi connectivity index (χ2v) is 6.69. The van der Waals surface area contributed by atoms with E-state index in [1.807, 2.05) is 14.0 Å². The van der Waals surface area contributed by atoms with Crippen LogP contribution in [0.2, 0.25) is 0 Å². The minimum absolute atomic E-state index is 0.0274. The lowest BCUT2D eigenvalue weighted by atomic mass is 10.2. The van der Waals surface area contributed by atoms with Gasteiger partial charge in [-0.15, -0.1) is 11.3 Å². The first-order valence-electron chi connectivity index (χ1n) is 7.62. The molecule has 0 spiro atoms. The van der Waals surface area contributed by atoms with Gasteiger partial charge >= 0.3 is 5.97 Å². The summed E-state index contributed by atoms with van der Waals surface area (Å²) >= 11 is 1.30. The molecule has 0 atom stereocenters. The van der Waals surface area contributed by atoms with Gasteiger partial charge in [0.2, 0.25) is 5.91 Å². The molecule has 0 aliphatic carbocycles. The van der Waals surface area contributed by atoms with Crippen LogP contribution in [0.3, 0.4) is 0 Å². The molecule has 2 aromatic rings. The molecule has 0 unspecified atom stereocenters. The third kappa shape index (κ3) is 3.48. The second kappa shape index (κ2) is 7.12. The Morgan fingerprint density at radius 1 is 1.17 bits per heavy atom. The number of nitrogens with zero attached hydrogens (tertiary/aromatic N) is 4. The number of aryl methyl sites for hydroxylation is 2. The molecule has 1 amide bonds. The molecule has 0 N–H and O–H groups in total. The molecule has 2 heterocycles. The average molecular weight is 350 g/mol. The van der Waals surface area contributed by atoms with Gasteiger partial charge < -0.3 is 14.5 Å². The van der Waals surface area contributed by atoms with Crippen molar-refractivity contribution < 1.29 is 14.3 Å². The van der Waals surface area contributed by atoms with Gasteiger partial charge in [-0.05, 0) is 26.3 Å². The lowest BCUT2D eigenvalue weighted by Gasteiger charge is -2.21. The number of carbonyl (C=O) groups is 2. The fraction of sp³-hybridized carbons (Fsp3) is 0.500. The molecule has 7 nitrogen and oxygen atoms in total. The van der Waals surface area contributed by atoms with E-state index in [1.54, 1.807) is 32.8 Å². The van der Waals surface area contributed by atoms with Gasteiger partial charge in [0, 0.05) is 21.1 Å². The van der Waals surface area contributed by atoms with Gasteiger partial charge in [-0.25, -0.2) is 14.8 Å². The first-order chi connectivity index (χ1) is 11.3. The Morgan fingerprint density at radius 2 is 1.83 bits per heavy atom. The second-order valence-electron chi connectivity index (χ2n) is 5.70. The summed E-state index contributed by atoms with van der Waals surface area (Å²) in [7, 11) is 5.24. The summed E-state index contributed by atoms with van der Waals surface area (Å²) in [5, 5.41) is 0.794. The molecule has 0 fully saturated rings. The Morgan fingerprint density at radius 3 is 2.42 bits per heavy atom. The van der Waals surface area contributed by atoms with Crippen LogP contribution in [0.1, 0.15) is 28.0 Å². The molecule has 0 saturated carbocycles. The van der Waals surface area contributed by atoms with Crippen molar-refractivity contribution in [1.82, 2.24) is 14.9 Å². The monoisotopic (exact) mass is 350 g/mol. The lowest BCUT2D eigenvalue weighted by Crippen LogP contribution is -2.35. The quantitative estimate of drug-likeness (QED) is 0.768. The van der Waals surface area contributed by atoms with Gasteiger partial charge in [-0.2, -0.15) is 0 Å². The Kier molecular flexibility index (Phi) is 5.38. The maximum atomic E-state index is 12.1. The summed E-state index contributed by atoms with van der Waals surface area (Å²) in [6.07, 6.45) is 0. The van der Waals surface area contributed by atoms with Gasteiger partial charge in [0.05, 0.1) is 18.5 Å². The molecule has 2 aromatic heterocycles. The highest BCUT2D eigenvalue weighted by atomic mass is 32.1. The Hall–Kier alpha value is -2.22. The SMILES string of the molecule is CCOC(=O)c1sc2nc(C)nc(N(C)CC(=O)N(C)C)c2c1C. The van der Waals surface area contributed by atoms with E-state index in [4.69, 9.17) is 4.74 Å². The van der Waals surface area contributed by atoms with Crippen molar-refractivity contribution >= 4 is 39.2 Å². The van der Waals surface area contributed by atoms with Crippen molar-refractivity contribution in [3.05, 3.63) is 16.3 Å². The summed E-state index contributed by atoms with van der Waals surface area (Å²) in [5.41, 5.74) is 0.785. The number of thiophene rings is 1. The predicted molar refractivity (Wildman–Crippen MR) is 94.8 cm³/mol. The van der Waals surface area contributed by atoms with Crippen molar-refractivity contribution in [2.24, 2.45) is 0 Å². The first-order valence-corrected chi connectivity index (χ1v) is 8.44. The van der Waals surface area contributed by atoms with Crippen LogP contribution in [0.25, 0.3) is 10.2 Å². The predicted octanol–water partition coefficient (Wildman–Crippen LogP) is 2.01. The maximum Gasteiger partial charge on any atom is 0.348 e. The maximum absolute atomic E-state index is 12.1. The van der Waals surface area contributed by atoms with Crippen LogP contribution in [0.15, 0.2) is 0 Å². The molecule has 0 aliphatic heterocycles. The number of carbonyl (C=O) groups excluding carboxylic acids is 2. The summed E-state index contributed by atoms with van der Waals surface area (Å²) < 4.78 is 5.11. The topological polar surface area (TPSA) is 75.6 Å². The molecular weight excluding hydrogens is 328 g/mol. The zero-order valence-corrected chi connectivity index (χ0v) is 15.7. The lowest BCUT2D eigenvalue weighted by molar-refractivity contribution is -0.127. The fourth-order valence-corrected chi connectivity index (χ4v) is 3.42. The van der Waals surface area contributed by atoms with Crippen molar-refractivity contribution in [2.75, 3.05) is 39.2 Å². The number of hydrogen-bond donors (Lipinski definition) is 0. The van der Waals surface area contributed by atoms with Gasteiger partial charge in [0.15, 0.2) is 0 Å². The zero-order chi connectivity index (χ0) is 18.0. The summed E-state index contributed by atoms with van der Waals surface area (Å²) in [4.78, 5) is 37.6. The molecule has 2 rings (SSSR count). The van der Waals surface area contributed by atoms with Crippen LogP contribution in [0.5, 0.6) is 0 Å². The van der Waals surface area contributed by atoms with Gasteiger partial charge in [-0.1, -0.05) is 0 Å². The largest absolute Gasteiger partial charge is 0.462 e. The number of anilines is 1. The number of aromatic nitrogens is 2. The average Bonchev–Trinajstić information content (AvgIpc) is 2.83. The van der Waals surface area contributed by atoms with E-state index >= 15 is 0 Å². The third-order valence-electron chi connectivity index (χ3n) is 3.58. The molecular formula is C16H22N4O3S. The smallest absolute Gasteiger partial charge is 0.348 e. The highest BCUT2D eigenvalue weighted by Gasteiger charge is 2.23. The van der Waals surface area contributed by atoms with Crippen LogP contribution in [0.4, 0.5) is 5.82 Å². The van der Waals surface area contributed by atoms with E-state index in [0.29, 0.717) is 23.1 Å². The van der Waals surface area contributed by atoms with Crippen molar-refractivity contribution in [3.8, 4) is 0 Å². The first kappa shape index (κ1) is 18.1. The zero-order valence-electron chi connectivity index (χ0n) is 14.8. The molecule has 130 valence electrons. The van der Waals surface area contributed by atoms with E-state index in [0.717, 1.165) is 15.8 Å². The standard InChI is InChI=1S/C16H22N4O3S/c1-7-23-16(22)13-9(2)12-14(17-10(3)18-15(12)24-13)20(6)8-11(21)19(4)5/h7-8H2,1-6H3. The third-order valence-corrected chi connectivity index (χ3v) is 4.74. The minimum atomic E-state index is -0.353. The van der Waals surface area contributed by atoms with E-state index < -0.39 is 0 Å². The van der Waals surface area contributed by atoms with Crippen LogP contribution in [0, 0.1) is 13.8 Å². The van der Waals surface area contributed by atoms with Crippen LogP contribution < -0.4 is 4.90 Å². The van der Waals surface area contributed by atoms with Gasteiger partial charge in [-0.3, -0.25) is 4.79 Å². The number of esters is 1. The van der Waals surface area contributed by atoms with E-state index in [2.05, 4.69) is 9.97 Å². The molecule has 24 heavy (non-hydrogen) atoms. The summed E-state index contributed by atoms with van der Waals surface area (Å²) in [6, 6.07) is 0. The normalized spacial score (nSPS) is 10.8. The molecule has 0 bridgehead atoms. The van der Waals surface area contributed by atoms with E-state index in [-0.39, 0.29) is 18.4 Å². The van der Waals surface area contributed by atoms with Gasteiger partial charge in [0.1, 0.15) is 21.3 Å². The highest BCUT2D eigenvalue weighted by Crippen LogP contribution is 2.35. The van der Waals surface area contributed by atoms with Crippen molar-refractivity contribution in [2.45, 2.75) is 20.8 Å². The Balaban J connectivity index is 2.53. The number of hydrogen-bond acceptors (Lipinski definition) is 7. The summed E-state index contributed by atoms with van der Waals surface area (Å²) in [5.74, 6) is 0.865. The van der Waals surface area contributed by atoms with E-state index in [9.17, 15) is 9.59 Å². The highest BCUT2D eigenvalue weighted by molar-refractivity contribution is 7.20. The number of rotatable bonds is 5. The van der Waals surface area contributed by atoms with E-state index in [1.165, 1.54) is 16.2 Å². The van der Waals surface area contributed by atoms with Crippen molar-refractivity contribution in [3.63, 3.8) is 0 Å². The molecule has 8 heteroatoms. The number of amides is 1. The Labute approximate surface area is 145 Å².